The predicted molar refractivity (Wildman–Crippen MR) is 62.4 cm³/mol. The van der Waals surface area contributed by atoms with Gasteiger partial charge >= 0.3 is 6.36 Å². The highest BCUT2D eigenvalue weighted by Gasteiger charge is 2.30. The molecule has 1 N–H and O–H groups in total. The minimum atomic E-state index is -4.65. The fourth-order valence-corrected chi connectivity index (χ4v) is 1.73. The van der Waals surface area contributed by atoms with E-state index in [1.54, 1.807) is 12.1 Å². The van der Waals surface area contributed by atoms with Gasteiger partial charge in [-0.1, -0.05) is 12.1 Å². The van der Waals surface area contributed by atoms with E-state index in [0.29, 0.717) is 6.61 Å². The molecule has 1 aliphatic rings. The Hall–Kier alpha value is -1.31. The summed E-state index contributed by atoms with van der Waals surface area (Å²) in [5, 5.41) is 5.04. The number of hydrogen-bond acceptors (Lipinski definition) is 4. The zero-order valence-electron chi connectivity index (χ0n) is 10.2. The van der Waals surface area contributed by atoms with Crippen molar-refractivity contribution < 1.29 is 22.7 Å². The van der Waals surface area contributed by atoms with Gasteiger partial charge in [0.1, 0.15) is 5.75 Å². The molecule has 1 aliphatic heterocycles. The van der Waals surface area contributed by atoms with Crippen LogP contribution in [0.25, 0.3) is 0 Å². The lowest BCUT2D eigenvalue weighted by molar-refractivity contribution is -0.274. The molecule has 0 atom stereocenters. The van der Waals surface area contributed by atoms with Gasteiger partial charge in [-0.2, -0.15) is 5.06 Å². The third-order valence-electron chi connectivity index (χ3n) is 2.65. The second-order valence-electron chi connectivity index (χ2n) is 4.14. The Morgan fingerprint density at radius 3 is 2.32 bits per heavy atom. The van der Waals surface area contributed by atoms with Crippen molar-refractivity contribution in [2.24, 2.45) is 0 Å². The lowest BCUT2D eigenvalue weighted by Crippen LogP contribution is -2.43. The van der Waals surface area contributed by atoms with Crippen LogP contribution in [0.2, 0.25) is 0 Å². The zero-order chi connectivity index (χ0) is 13.7. The van der Waals surface area contributed by atoms with Gasteiger partial charge in [-0.05, 0) is 17.7 Å². The van der Waals surface area contributed by atoms with E-state index in [1.807, 2.05) is 5.06 Å². The summed E-state index contributed by atoms with van der Waals surface area (Å²) in [6, 6.07) is 5.68. The molecule has 0 bridgehead atoms. The molecule has 1 heterocycles. The zero-order valence-corrected chi connectivity index (χ0v) is 10.2. The molecule has 1 saturated heterocycles. The number of alkyl halides is 3. The summed E-state index contributed by atoms with van der Waals surface area (Å²) < 4.78 is 39.7. The van der Waals surface area contributed by atoms with Gasteiger partial charge in [-0.25, -0.2) is 0 Å². The summed E-state index contributed by atoms with van der Waals surface area (Å²) in [5.74, 6) is -0.224. The van der Waals surface area contributed by atoms with E-state index in [0.717, 1.165) is 31.7 Å². The minimum Gasteiger partial charge on any atom is -0.406 e. The van der Waals surface area contributed by atoms with Gasteiger partial charge in [-0.3, -0.25) is 4.84 Å². The van der Waals surface area contributed by atoms with Crippen molar-refractivity contribution in [3.8, 4) is 5.75 Å². The smallest absolute Gasteiger partial charge is 0.406 e. The van der Waals surface area contributed by atoms with Crippen molar-refractivity contribution in [1.82, 2.24) is 10.4 Å². The lowest BCUT2D eigenvalue weighted by Gasteiger charge is -2.26. The van der Waals surface area contributed by atoms with E-state index in [-0.39, 0.29) is 5.75 Å². The van der Waals surface area contributed by atoms with Crippen LogP contribution in [0.4, 0.5) is 13.2 Å². The molecule has 0 unspecified atom stereocenters. The molecule has 106 valence electrons. The van der Waals surface area contributed by atoms with Crippen LogP contribution in [-0.2, 0) is 11.4 Å². The molecule has 0 radical (unpaired) electrons. The predicted octanol–water partition coefficient (Wildman–Crippen LogP) is 1.92. The Kier molecular flexibility index (Phi) is 4.62. The van der Waals surface area contributed by atoms with E-state index in [4.69, 9.17) is 4.84 Å². The average molecular weight is 276 g/mol. The topological polar surface area (TPSA) is 33.7 Å². The number of nitrogens with one attached hydrogen (secondary N) is 1. The number of rotatable bonds is 4. The monoisotopic (exact) mass is 276 g/mol. The van der Waals surface area contributed by atoms with Gasteiger partial charge in [0, 0.05) is 26.2 Å². The van der Waals surface area contributed by atoms with Crippen molar-refractivity contribution in [3.05, 3.63) is 29.8 Å². The van der Waals surface area contributed by atoms with Crippen LogP contribution in [0.3, 0.4) is 0 Å². The molecule has 7 heteroatoms. The molecule has 0 aliphatic carbocycles. The molecular formula is C12H15F3N2O2. The van der Waals surface area contributed by atoms with Crippen LogP contribution in [0.5, 0.6) is 5.75 Å². The highest BCUT2D eigenvalue weighted by molar-refractivity contribution is 5.26. The second-order valence-corrected chi connectivity index (χ2v) is 4.14. The summed E-state index contributed by atoms with van der Waals surface area (Å²) in [4.78, 5) is 5.54. The maximum Gasteiger partial charge on any atom is 0.573 e. The summed E-state index contributed by atoms with van der Waals surface area (Å²) in [6.45, 7) is 3.69. The average Bonchev–Trinajstić information content (AvgIpc) is 2.37. The quantitative estimate of drug-likeness (QED) is 0.911. The Morgan fingerprint density at radius 1 is 1.11 bits per heavy atom. The fraction of sp³-hybridized carbons (Fsp3) is 0.500. The van der Waals surface area contributed by atoms with Gasteiger partial charge in [0.2, 0.25) is 0 Å². The molecule has 19 heavy (non-hydrogen) atoms. The molecule has 0 amide bonds. The number of halogens is 3. The largest absolute Gasteiger partial charge is 0.573 e. The van der Waals surface area contributed by atoms with Crippen molar-refractivity contribution in [1.29, 1.82) is 0 Å². The maximum atomic E-state index is 12.0. The summed E-state index contributed by atoms with van der Waals surface area (Å²) in [5.41, 5.74) is 0.799. The number of ether oxygens (including phenoxy) is 1. The van der Waals surface area contributed by atoms with Gasteiger partial charge in [-0.15, -0.1) is 13.2 Å². The molecule has 0 saturated carbocycles. The van der Waals surface area contributed by atoms with Crippen LogP contribution in [0.15, 0.2) is 24.3 Å². The Labute approximate surface area is 109 Å². The summed E-state index contributed by atoms with van der Waals surface area (Å²) in [7, 11) is 0. The Morgan fingerprint density at radius 2 is 1.74 bits per heavy atom. The normalized spacial score (nSPS) is 17.4. The molecule has 1 fully saturated rings. The fourth-order valence-electron chi connectivity index (χ4n) is 1.73. The van der Waals surface area contributed by atoms with Crippen molar-refractivity contribution >= 4 is 0 Å². The van der Waals surface area contributed by atoms with Gasteiger partial charge in [0.05, 0.1) is 6.61 Å². The molecule has 0 aromatic heterocycles. The van der Waals surface area contributed by atoms with Crippen LogP contribution in [-0.4, -0.2) is 37.6 Å². The first-order valence-corrected chi connectivity index (χ1v) is 5.96. The van der Waals surface area contributed by atoms with E-state index < -0.39 is 6.36 Å². The summed E-state index contributed by atoms with van der Waals surface area (Å²) >= 11 is 0. The highest BCUT2D eigenvalue weighted by atomic mass is 19.4. The van der Waals surface area contributed by atoms with E-state index in [9.17, 15) is 13.2 Å². The van der Waals surface area contributed by atoms with E-state index in [2.05, 4.69) is 10.1 Å². The first-order chi connectivity index (χ1) is 9.03. The van der Waals surface area contributed by atoms with Gasteiger partial charge in [0.15, 0.2) is 0 Å². The molecule has 2 rings (SSSR count). The first kappa shape index (κ1) is 14.1. The second kappa shape index (κ2) is 6.23. The number of hydroxylamine groups is 2. The van der Waals surface area contributed by atoms with Crippen molar-refractivity contribution in [3.63, 3.8) is 0 Å². The first-order valence-electron chi connectivity index (χ1n) is 5.96. The molecular weight excluding hydrogens is 261 g/mol. The maximum absolute atomic E-state index is 12.0. The molecule has 0 spiro atoms. The lowest BCUT2D eigenvalue weighted by atomic mass is 10.2. The molecule has 1 aromatic carbocycles. The third-order valence-corrected chi connectivity index (χ3v) is 2.65. The van der Waals surface area contributed by atoms with Gasteiger partial charge in [0.25, 0.3) is 0 Å². The SMILES string of the molecule is FC(F)(F)Oc1ccc(CON2CCNCC2)cc1. The minimum absolute atomic E-state index is 0.224. The summed E-state index contributed by atoms with van der Waals surface area (Å²) in [6.07, 6.45) is -4.65. The van der Waals surface area contributed by atoms with Crippen LogP contribution < -0.4 is 10.1 Å². The number of benzene rings is 1. The molecule has 1 aromatic rings. The Balaban J connectivity index is 1.81. The highest BCUT2D eigenvalue weighted by Crippen LogP contribution is 2.22. The van der Waals surface area contributed by atoms with E-state index in [1.165, 1.54) is 12.1 Å². The third kappa shape index (κ3) is 5.06. The number of piperazine rings is 1. The van der Waals surface area contributed by atoms with Crippen LogP contribution in [0, 0.1) is 0 Å². The number of hydrogen-bond donors (Lipinski definition) is 1. The van der Waals surface area contributed by atoms with Crippen molar-refractivity contribution in [2.75, 3.05) is 26.2 Å². The van der Waals surface area contributed by atoms with Crippen LogP contribution >= 0.6 is 0 Å². The standard InChI is InChI=1S/C12H15F3N2O2/c13-12(14,15)19-11-3-1-10(2-4-11)9-18-17-7-5-16-6-8-17/h1-4,16H,5-9H2. The number of nitrogens with zero attached hydrogens (tertiary/aromatic N) is 1. The van der Waals surface area contributed by atoms with Crippen molar-refractivity contribution in [2.45, 2.75) is 13.0 Å². The van der Waals surface area contributed by atoms with E-state index >= 15 is 0 Å². The Bertz CT molecular complexity index is 389. The van der Waals surface area contributed by atoms with Gasteiger partial charge < -0.3 is 10.1 Å². The molecule has 4 nitrogen and oxygen atoms in total. The van der Waals surface area contributed by atoms with Crippen LogP contribution in [0.1, 0.15) is 5.56 Å².